The molecule has 0 N–H and O–H groups in total. The minimum absolute atomic E-state index is 0.300. The van der Waals surface area contributed by atoms with Crippen LogP contribution in [-0.2, 0) is 0 Å². The van der Waals surface area contributed by atoms with Crippen molar-refractivity contribution < 1.29 is 17.6 Å². The van der Waals surface area contributed by atoms with Crippen molar-refractivity contribution >= 4 is 38.5 Å². The van der Waals surface area contributed by atoms with Crippen molar-refractivity contribution in [1.29, 1.82) is 0 Å². The highest BCUT2D eigenvalue weighted by Gasteiger charge is 2.22. The summed E-state index contributed by atoms with van der Waals surface area (Å²) < 4.78 is 53.7. The summed E-state index contributed by atoms with van der Waals surface area (Å²) in [6.07, 6.45) is 0. The van der Waals surface area contributed by atoms with Gasteiger partial charge in [-0.3, -0.25) is 0 Å². The predicted octanol–water partition coefficient (Wildman–Crippen LogP) is 5.33. The Morgan fingerprint density at radius 1 is 0.895 bits per heavy atom. The van der Waals surface area contributed by atoms with Crippen molar-refractivity contribution in [1.82, 2.24) is 0 Å². The molecule has 0 bridgehead atoms. The second-order valence-electron chi connectivity index (χ2n) is 3.81. The zero-order chi connectivity index (χ0) is 14.2. The average Bonchev–Trinajstić information content (AvgIpc) is 2.26. The van der Waals surface area contributed by atoms with Crippen LogP contribution < -0.4 is 0 Å². The number of hydrogen-bond donors (Lipinski definition) is 0. The second kappa shape index (κ2) is 5.78. The molecule has 0 heterocycles. The molecule has 2 rings (SSSR count). The minimum atomic E-state index is -0.987. The summed E-state index contributed by atoms with van der Waals surface area (Å²) in [7, 11) is 0. The normalized spacial score (nSPS) is 12.5. The van der Waals surface area contributed by atoms with Gasteiger partial charge in [0.05, 0.1) is 4.83 Å². The topological polar surface area (TPSA) is 0 Å². The van der Waals surface area contributed by atoms with E-state index in [2.05, 4.69) is 15.9 Å². The van der Waals surface area contributed by atoms with Gasteiger partial charge in [0.2, 0.25) is 0 Å². The Labute approximate surface area is 129 Å². The molecule has 0 aliphatic carbocycles. The second-order valence-corrected chi connectivity index (χ2v) is 5.89. The Morgan fingerprint density at radius 3 is 2.00 bits per heavy atom. The van der Waals surface area contributed by atoms with E-state index in [1.807, 2.05) is 22.6 Å². The summed E-state index contributed by atoms with van der Waals surface area (Å²) >= 11 is 5.04. The lowest BCUT2D eigenvalue weighted by Gasteiger charge is -2.14. The third-order valence-corrected chi connectivity index (χ3v) is 4.42. The molecule has 1 unspecified atom stereocenters. The fourth-order valence-corrected chi connectivity index (χ4v) is 3.71. The van der Waals surface area contributed by atoms with Crippen molar-refractivity contribution in [2.75, 3.05) is 0 Å². The smallest absolute Gasteiger partial charge is 0.133 e. The zero-order valence-corrected chi connectivity index (χ0v) is 13.0. The first-order valence-corrected chi connectivity index (χ1v) is 7.13. The van der Waals surface area contributed by atoms with E-state index >= 15 is 0 Å². The fraction of sp³-hybridized carbons (Fsp3) is 0.0769. The van der Waals surface area contributed by atoms with E-state index in [1.165, 1.54) is 18.2 Å². The Kier molecular flexibility index (Phi) is 4.50. The summed E-state index contributed by atoms with van der Waals surface area (Å²) in [5.74, 6) is -3.39. The largest absolute Gasteiger partial charge is 0.207 e. The Bertz CT molecular complexity index is 607. The van der Waals surface area contributed by atoms with Gasteiger partial charge in [0.25, 0.3) is 0 Å². The third-order valence-electron chi connectivity index (χ3n) is 2.53. The molecule has 0 radical (unpaired) electrons. The number of benzene rings is 2. The molecule has 0 nitrogen and oxygen atoms in total. The number of halogens is 6. The van der Waals surface area contributed by atoms with E-state index < -0.39 is 28.1 Å². The molecular weight excluding hydrogens is 439 g/mol. The lowest BCUT2D eigenvalue weighted by atomic mass is 10.0. The highest BCUT2D eigenvalue weighted by atomic mass is 127. The molecule has 19 heavy (non-hydrogen) atoms. The van der Waals surface area contributed by atoms with Crippen LogP contribution in [0.2, 0.25) is 0 Å². The molecule has 6 heteroatoms. The van der Waals surface area contributed by atoms with Gasteiger partial charge in [-0.25, -0.2) is 17.6 Å². The van der Waals surface area contributed by atoms with Crippen molar-refractivity contribution in [2.24, 2.45) is 0 Å². The van der Waals surface area contributed by atoms with E-state index in [0.29, 0.717) is 21.3 Å². The van der Waals surface area contributed by atoms with E-state index in [4.69, 9.17) is 0 Å². The number of alkyl halides is 1. The number of hydrogen-bond acceptors (Lipinski definition) is 0. The lowest BCUT2D eigenvalue weighted by Crippen LogP contribution is -2.03. The van der Waals surface area contributed by atoms with Crippen LogP contribution in [0.25, 0.3) is 0 Å². The van der Waals surface area contributed by atoms with Gasteiger partial charge in [-0.05, 0) is 40.3 Å². The Hall–Kier alpha value is -0.630. The standard InChI is InChI=1S/C13H6BrF4I/c14-13(8-2-1-6(15)5-11(8)19)12-9(17)3-7(16)4-10(12)18/h1-5,13H. The molecule has 2 aromatic rings. The molecule has 0 aliphatic heterocycles. The van der Waals surface area contributed by atoms with Crippen LogP contribution in [0.4, 0.5) is 17.6 Å². The molecular formula is C13H6BrF4I. The van der Waals surface area contributed by atoms with Gasteiger partial charge in [-0.15, -0.1) is 0 Å². The van der Waals surface area contributed by atoms with Gasteiger partial charge in [0.1, 0.15) is 23.3 Å². The van der Waals surface area contributed by atoms with Crippen LogP contribution >= 0.6 is 38.5 Å². The van der Waals surface area contributed by atoms with Gasteiger partial charge in [-0.1, -0.05) is 22.0 Å². The van der Waals surface area contributed by atoms with Crippen molar-refractivity contribution in [3.05, 3.63) is 68.3 Å². The van der Waals surface area contributed by atoms with E-state index in [0.717, 1.165) is 0 Å². The van der Waals surface area contributed by atoms with Gasteiger partial charge in [-0.2, -0.15) is 0 Å². The SMILES string of the molecule is Fc1cc(F)c(C(Br)c2ccc(F)cc2I)c(F)c1. The van der Waals surface area contributed by atoms with Crippen molar-refractivity contribution in [2.45, 2.75) is 4.83 Å². The maximum atomic E-state index is 13.7. The summed E-state index contributed by atoms with van der Waals surface area (Å²) in [5, 5.41) is 0. The Morgan fingerprint density at radius 2 is 1.47 bits per heavy atom. The van der Waals surface area contributed by atoms with Crippen LogP contribution in [0.3, 0.4) is 0 Å². The van der Waals surface area contributed by atoms with Crippen LogP contribution in [0.5, 0.6) is 0 Å². The maximum Gasteiger partial charge on any atom is 0.133 e. The molecule has 0 amide bonds. The molecule has 0 aromatic heterocycles. The molecule has 0 spiro atoms. The van der Waals surface area contributed by atoms with Gasteiger partial charge in [0.15, 0.2) is 0 Å². The van der Waals surface area contributed by atoms with E-state index in [1.54, 1.807) is 0 Å². The number of rotatable bonds is 2. The minimum Gasteiger partial charge on any atom is -0.207 e. The van der Waals surface area contributed by atoms with Gasteiger partial charge >= 0.3 is 0 Å². The first kappa shape index (κ1) is 14.8. The van der Waals surface area contributed by atoms with Crippen LogP contribution in [0.1, 0.15) is 16.0 Å². The maximum absolute atomic E-state index is 13.7. The molecule has 100 valence electrons. The molecule has 2 aromatic carbocycles. The lowest BCUT2D eigenvalue weighted by molar-refractivity contribution is 0.527. The van der Waals surface area contributed by atoms with Gasteiger partial charge in [0, 0.05) is 21.3 Å². The highest BCUT2D eigenvalue weighted by Crippen LogP contribution is 2.36. The summed E-state index contributed by atoms with van der Waals surface area (Å²) in [6, 6.07) is 5.11. The van der Waals surface area contributed by atoms with Crippen molar-refractivity contribution in [3.63, 3.8) is 0 Å². The first-order chi connectivity index (χ1) is 8.90. The van der Waals surface area contributed by atoms with E-state index in [9.17, 15) is 17.6 Å². The highest BCUT2D eigenvalue weighted by molar-refractivity contribution is 14.1. The predicted molar refractivity (Wildman–Crippen MR) is 76.2 cm³/mol. The van der Waals surface area contributed by atoms with Crippen LogP contribution in [-0.4, -0.2) is 0 Å². The molecule has 0 saturated heterocycles. The van der Waals surface area contributed by atoms with Crippen LogP contribution in [0, 0.1) is 26.8 Å². The molecule has 1 atom stereocenters. The average molecular weight is 445 g/mol. The summed E-state index contributed by atoms with van der Waals surface area (Å²) in [4.78, 5) is -0.819. The fourth-order valence-electron chi connectivity index (χ4n) is 1.66. The summed E-state index contributed by atoms with van der Waals surface area (Å²) in [5.41, 5.74) is 0.206. The molecule has 0 saturated carbocycles. The van der Waals surface area contributed by atoms with Crippen molar-refractivity contribution in [3.8, 4) is 0 Å². The zero-order valence-electron chi connectivity index (χ0n) is 9.23. The summed E-state index contributed by atoms with van der Waals surface area (Å²) in [6.45, 7) is 0. The third kappa shape index (κ3) is 3.10. The Balaban J connectivity index is 2.53. The monoisotopic (exact) mass is 444 g/mol. The molecule has 0 aliphatic rings. The van der Waals surface area contributed by atoms with Gasteiger partial charge < -0.3 is 0 Å². The van der Waals surface area contributed by atoms with E-state index in [-0.39, 0.29) is 5.56 Å². The van der Waals surface area contributed by atoms with Crippen LogP contribution in [0.15, 0.2) is 30.3 Å². The quantitative estimate of drug-likeness (QED) is 0.333. The molecule has 0 fully saturated rings. The first-order valence-electron chi connectivity index (χ1n) is 5.13.